The Labute approximate surface area is 197 Å². The average Bonchev–Trinajstić information content (AvgIpc) is 2.81. The second-order valence-corrected chi connectivity index (χ2v) is 6.75. The number of nitrogens with one attached hydrogen (secondary N) is 2. The number of hydrogen-bond donors (Lipinski definition) is 2. The zero-order valence-electron chi connectivity index (χ0n) is 19.3. The number of amides is 2. The summed E-state index contributed by atoms with van der Waals surface area (Å²) in [5, 5.41) is 2.87. The number of nitrogens with zero attached hydrogens (tertiary/aromatic N) is 2. The minimum atomic E-state index is -0.468. The largest absolute Gasteiger partial charge is 0.277 e. The molecule has 0 aromatic heterocycles. The second kappa shape index (κ2) is 16.2. The highest BCUT2D eigenvalue weighted by atomic mass is 32.1. The van der Waals surface area contributed by atoms with Crippen molar-refractivity contribution in [3.05, 3.63) is 59.7 Å². The summed E-state index contributed by atoms with van der Waals surface area (Å²) in [5.41, 5.74) is 6.89. The van der Waals surface area contributed by atoms with E-state index in [2.05, 4.69) is 10.9 Å². The van der Waals surface area contributed by atoms with Crippen LogP contribution in [0.4, 0.5) is 0 Å². The summed E-state index contributed by atoms with van der Waals surface area (Å²) in [6.07, 6.45) is 7.56. The first-order valence-corrected chi connectivity index (χ1v) is 11.3. The zero-order valence-corrected chi connectivity index (χ0v) is 20.9. The van der Waals surface area contributed by atoms with Gasteiger partial charge in [0.2, 0.25) is 11.8 Å². The van der Waals surface area contributed by atoms with E-state index in [1.165, 1.54) is 10.0 Å². The van der Waals surface area contributed by atoms with Crippen LogP contribution in [0.15, 0.2) is 54.1 Å². The highest BCUT2D eigenvalue weighted by Gasteiger charge is 2.17. The molecule has 0 radical (unpaired) electrons. The van der Waals surface area contributed by atoms with Crippen molar-refractivity contribution in [2.24, 2.45) is 0 Å². The minimum Gasteiger partial charge on any atom is -0.277 e. The standard InChI is InChI=1S/C19H22N4O2S2.2C2H6/c1-22(18(26)14-9-5-3-6-10-14)20-16(24)13-17(25)21-23(2)19(27)15-11-7-4-8-12-15;2*1-2/h3,5-7,9-12H,4,8,13H2,1-2H3,(H,20,24)(H,21,25);2*1-2H3. The van der Waals surface area contributed by atoms with Crippen LogP contribution in [0.25, 0.3) is 0 Å². The monoisotopic (exact) mass is 462 g/mol. The van der Waals surface area contributed by atoms with Crippen molar-refractivity contribution in [2.75, 3.05) is 14.1 Å². The molecular formula is C23H34N4O2S2. The maximum atomic E-state index is 12.1. The van der Waals surface area contributed by atoms with Gasteiger partial charge < -0.3 is 0 Å². The van der Waals surface area contributed by atoms with Crippen LogP contribution >= 0.6 is 24.4 Å². The van der Waals surface area contributed by atoms with Crippen LogP contribution in [0.5, 0.6) is 0 Å². The SMILES string of the molecule is CC.CC.CN(NC(=O)CC(=O)NN(C)C(=S)c1ccccc1)C(=S)C1=CCCC=C1. The van der Waals surface area contributed by atoms with E-state index in [0.29, 0.717) is 9.98 Å². The molecule has 0 aliphatic heterocycles. The van der Waals surface area contributed by atoms with Crippen LogP contribution in [0.2, 0.25) is 0 Å². The Hall–Kier alpha value is -2.58. The van der Waals surface area contributed by atoms with E-state index in [9.17, 15) is 9.59 Å². The molecule has 8 heteroatoms. The molecule has 1 aromatic carbocycles. The van der Waals surface area contributed by atoms with Crippen LogP contribution in [-0.4, -0.2) is 45.9 Å². The third-order valence-electron chi connectivity index (χ3n) is 3.78. The van der Waals surface area contributed by atoms with Gasteiger partial charge in [-0.05, 0) is 12.8 Å². The van der Waals surface area contributed by atoms with Gasteiger partial charge in [-0.2, -0.15) is 0 Å². The van der Waals surface area contributed by atoms with Gasteiger partial charge in [-0.3, -0.25) is 30.5 Å². The number of benzene rings is 1. The van der Waals surface area contributed by atoms with Gasteiger partial charge in [-0.1, -0.05) is 101 Å². The van der Waals surface area contributed by atoms with Crippen LogP contribution < -0.4 is 10.9 Å². The van der Waals surface area contributed by atoms with Crippen molar-refractivity contribution in [1.82, 2.24) is 20.9 Å². The Morgan fingerprint density at radius 3 is 1.87 bits per heavy atom. The summed E-state index contributed by atoms with van der Waals surface area (Å²) in [6, 6.07) is 9.31. The van der Waals surface area contributed by atoms with Crippen LogP contribution in [-0.2, 0) is 9.59 Å². The van der Waals surface area contributed by atoms with Crippen molar-refractivity contribution < 1.29 is 9.59 Å². The van der Waals surface area contributed by atoms with Gasteiger partial charge in [0.05, 0.1) is 0 Å². The number of carbonyl (C=O) groups is 2. The summed E-state index contributed by atoms with van der Waals surface area (Å²) in [7, 11) is 3.28. The molecule has 0 saturated carbocycles. The van der Waals surface area contributed by atoms with Gasteiger partial charge >= 0.3 is 0 Å². The fourth-order valence-electron chi connectivity index (χ4n) is 2.44. The van der Waals surface area contributed by atoms with E-state index in [0.717, 1.165) is 24.0 Å². The number of hydrogen-bond acceptors (Lipinski definition) is 4. The molecule has 1 aromatic rings. The maximum Gasteiger partial charge on any atom is 0.248 e. The van der Waals surface area contributed by atoms with E-state index in [1.54, 1.807) is 14.1 Å². The van der Waals surface area contributed by atoms with Gasteiger partial charge in [-0.25, -0.2) is 0 Å². The Kier molecular flexibility index (Phi) is 14.8. The first-order chi connectivity index (χ1) is 14.9. The molecule has 1 aliphatic rings. The number of rotatable bonds is 4. The summed E-state index contributed by atoms with van der Waals surface area (Å²) in [5.74, 6) is -0.929. The Morgan fingerprint density at radius 1 is 0.871 bits per heavy atom. The topological polar surface area (TPSA) is 64.7 Å². The highest BCUT2D eigenvalue weighted by molar-refractivity contribution is 7.81. The molecule has 0 atom stereocenters. The predicted octanol–water partition coefficient (Wildman–Crippen LogP) is 4.33. The van der Waals surface area contributed by atoms with Crippen LogP contribution in [0.1, 0.15) is 52.5 Å². The van der Waals surface area contributed by atoms with E-state index >= 15 is 0 Å². The van der Waals surface area contributed by atoms with Crippen molar-refractivity contribution in [1.29, 1.82) is 0 Å². The summed E-state index contributed by atoms with van der Waals surface area (Å²) < 4.78 is 0. The highest BCUT2D eigenvalue weighted by Crippen LogP contribution is 2.12. The molecule has 6 nitrogen and oxygen atoms in total. The molecule has 0 saturated heterocycles. The molecule has 0 spiro atoms. The van der Waals surface area contributed by atoms with E-state index in [4.69, 9.17) is 24.4 Å². The van der Waals surface area contributed by atoms with Gasteiger partial charge in [0, 0.05) is 25.2 Å². The van der Waals surface area contributed by atoms with Crippen molar-refractivity contribution in [2.45, 2.75) is 47.0 Å². The Bertz CT molecular complexity index is 792. The molecule has 2 amide bonds. The second-order valence-electron chi connectivity index (χ2n) is 5.98. The van der Waals surface area contributed by atoms with Gasteiger partial charge in [0.15, 0.2) is 0 Å². The molecule has 1 aliphatic carbocycles. The number of allylic oxidation sites excluding steroid dienone is 2. The Balaban J connectivity index is 0.00000212. The molecule has 0 fully saturated rings. The molecule has 0 bridgehead atoms. The molecule has 0 heterocycles. The van der Waals surface area contributed by atoms with Crippen LogP contribution in [0.3, 0.4) is 0 Å². The fourth-order valence-corrected chi connectivity index (χ4v) is 2.82. The number of thiocarbonyl (C=S) groups is 2. The molecule has 31 heavy (non-hydrogen) atoms. The lowest BCUT2D eigenvalue weighted by Crippen LogP contribution is -2.47. The summed E-state index contributed by atoms with van der Waals surface area (Å²) in [6.45, 7) is 8.00. The quantitative estimate of drug-likeness (QED) is 0.394. The lowest BCUT2D eigenvalue weighted by atomic mass is 10.1. The maximum absolute atomic E-state index is 12.1. The summed E-state index contributed by atoms with van der Waals surface area (Å²) >= 11 is 10.7. The lowest BCUT2D eigenvalue weighted by molar-refractivity contribution is -0.132. The van der Waals surface area contributed by atoms with E-state index in [1.807, 2.05) is 76.3 Å². The van der Waals surface area contributed by atoms with E-state index < -0.39 is 11.8 Å². The normalized spacial score (nSPS) is 11.4. The van der Waals surface area contributed by atoms with E-state index in [-0.39, 0.29) is 6.42 Å². The average molecular weight is 463 g/mol. The first-order valence-electron chi connectivity index (χ1n) is 10.5. The first kappa shape index (κ1) is 28.4. The lowest BCUT2D eigenvalue weighted by Gasteiger charge is -2.23. The van der Waals surface area contributed by atoms with Gasteiger partial charge in [0.25, 0.3) is 0 Å². The molecule has 0 unspecified atom stereocenters. The smallest absolute Gasteiger partial charge is 0.248 e. The van der Waals surface area contributed by atoms with Gasteiger partial charge in [0.1, 0.15) is 16.4 Å². The number of likely N-dealkylation sites (N-methyl/N-ethyl adjacent to an activating group) is 1. The third kappa shape index (κ3) is 10.3. The fraction of sp³-hybridized carbons (Fsp3) is 0.391. The molecule has 2 N–H and O–H groups in total. The van der Waals surface area contributed by atoms with Crippen molar-refractivity contribution >= 4 is 46.2 Å². The van der Waals surface area contributed by atoms with Crippen molar-refractivity contribution in [3.63, 3.8) is 0 Å². The Morgan fingerprint density at radius 2 is 1.39 bits per heavy atom. The zero-order chi connectivity index (χ0) is 23.8. The molecular weight excluding hydrogens is 428 g/mol. The number of carbonyl (C=O) groups excluding carboxylic acids is 2. The number of hydrazine groups is 2. The van der Waals surface area contributed by atoms with Crippen molar-refractivity contribution in [3.8, 4) is 0 Å². The minimum absolute atomic E-state index is 0.344. The molecule has 2 rings (SSSR count). The summed E-state index contributed by atoms with van der Waals surface area (Å²) in [4.78, 5) is 25.2. The predicted molar refractivity (Wildman–Crippen MR) is 136 cm³/mol. The molecule has 170 valence electrons. The van der Waals surface area contributed by atoms with Gasteiger partial charge in [-0.15, -0.1) is 0 Å². The third-order valence-corrected chi connectivity index (χ3v) is 4.80. The van der Waals surface area contributed by atoms with Crippen LogP contribution in [0, 0.1) is 0 Å².